The maximum Gasteiger partial charge on any atom is 0.0726 e. The molecule has 1 atom stereocenters. The molecule has 0 amide bonds. The molecule has 2 N–H and O–H groups in total. The van der Waals surface area contributed by atoms with Gasteiger partial charge in [-0.1, -0.05) is 20.8 Å². The molecule has 0 spiro atoms. The predicted molar refractivity (Wildman–Crippen MR) is 74.5 cm³/mol. The van der Waals surface area contributed by atoms with Gasteiger partial charge in [0.1, 0.15) is 0 Å². The second kappa shape index (κ2) is 5.02. The van der Waals surface area contributed by atoms with Crippen molar-refractivity contribution in [1.82, 2.24) is 14.7 Å². The summed E-state index contributed by atoms with van der Waals surface area (Å²) in [6.07, 6.45) is 4.74. The van der Waals surface area contributed by atoms with Gasteiger partial charge in [0.2, 0.25) is 0 Å². The number of nitrogens with zero attached hydrogens (tertiary/aromatic N) is 3. The van der Waals surface area contributed by atoms with Gasteiger partial charge in [0.15, 0.2) is 0 Å². The van der Waals surface area contributed by atoms with Crippen LogP contribution in [0, 0.1) is 0 Å². The summed E-state index contributed by atoms with van der Waals surface area (Å²) in [7, 11) is 2.00. The van der Waals surface area contributed by atoms with Crippen molar-refractivity contribution in [2.24, 2.45) is 12.8 Å². The van der Waals surface area contributed by atoms with Gasteiger partial charge >= 0.3 is 0 Å². The highest BCUT2D eigenvalue weighted by atomic mass is 15.3. The van der Waals surface area contributed by atoms with Crippen molar-refractivity contribution in [2.45, 2.75) is 45.1 Å². The van der Waals surface area contributed by atoms with Crippen LogP contribution in [0.3, 0.4) is 0 Å². The first-order valence-corrected chi connectivity index (χ1v) is 6.91. The van der Waals surface area contributed by atoms with Crippen LogP contribution in [0.2, 0.25) is 0 Å². The van der Waals surface area contributed by atoms with Crippen molar-refractivity contribution in [3.63, 3.8) is 0 Å². The molecule has 1 unspecified atom stereocenters. The van der Waals surface area contributed by atoms with E-state index in [-0.39, 0.29) is 5.41 Å². The molecule has 4 heteroatoms. The highest BCUT2D eigenvalue weighted by Crippen LogP contribution is 2.32. The molecule has 2 heterocycles. The minimum Gasteiger partial charge on any atom is -0.329 e. The third-order valence-corrected chi connectivity index (χ3v) is 3.73. The zero-order valence-electron chi connectivity index (χ0n) is 12.1. The second-order valence-corrected chi connectivity index (χ2v) is 6.35. The molecule has 2 rings (SSSR count). The van der Waals surface area contributed by atoms with Crippen LogP contribution >= 0.6 is 0 Å². The zero-order valence-corrected chi connectivity index (χ0v) is 12.1. The van der Waals surface area contributed by atoms with Crippen molar-refractivity contribution < 1.29 is 0 Å². The quantitative estimate of drug-likeness (QED) is 0.890. The Hall–Kier alpha value is -0.870. The summed E-state index contributed by atoms with van der Waals surface area (Å²) in [4.78, 5) is 2.51. The maximum atomic E-state index is 6.03. The summed E-state index contributed by atoms with van der Waals surface area (Å²) < 4.78 is 1.93. The molecule has 0 saturated carbocycles. The number of likely N-dealkylation sites (tertiary alicyclic amines) is 1. The molecule has 1 saturated heterocycles. The number of hydrogen-bond donors (Lipinski definition) is 1. The fraction of sp³-hybridized carbons (Fsp3) is 0.786. The van der Waals surface area contributed by atoms with Crippen LogP contribution in [0.5, 0.6) is 0 Å². The van der Waals surface area contributed by atoms with Gasteiger partial charge in [-0.05, 0) is 25.9 Å². The highest BCUT2D eigenvalue weighted by molar-refractivity contribution is 5.28. The molecule has 1 fully saturated rings. The minimum atomic E-state index is 0.0732. The van der Waals surface area contributed by atoms with Gasteiger partial charge in [0.05, 0.1) is 11.7 Å². The third kappa shape index (κ3) is 2.59. The number of aryl methyl sites for hydroxylation is 1. The van der Waals surface area contributed by atoms with Gasteiger partial charge in [0.25, 0.3) is 0 Å². The number of hydrogen-bond acceptors (Lipinski definition) is 3. The van der Waals surface area contributed by atoms with Gasteiger partial charge in [-0.25, -0.2) is 0 Å². The molecule has 4 nitrogen and oxygen atoms in total. The number of aromatic nitrogens is 2. The zero-order chi connectivity index (χ0) is 13.3. The van der Waals surface area contributed by atoms with E-state index in [2.05, 4.69) is 37.0 Å². The Balaban J connectivity index is 2.35. The van der Waals surface area contributed by atoms with E-state index in [1.54, 1.807) is 0 Å². The van der Waals surface area contributed by atoms with E-state index in [9.17, 15) is 0 Å². The Morgan fingerprint density at radius 2 is 1.94 bits per heavy atom. The summed E-state index contributed by atoms with van der Waals surface area (Å²) in [6, 6.07) is 0.329. The van der Waals surface area contributed by atoms with Crippen LogP contribution in [0.1, 0.15) is 50.9 Å². The van der Waals surface area contributed by atoms with E-state index in [1.807, 2.05) is 11.7 Å². The van der Waals surface area contributed by atoms with Crippen molar-refractivity contribution >= 4 is 0 Å². The van der Waals surface area contributed by atoms with Gasteiger partial charge < -0.3 is 5.73 Å². The largest absolute Gasteiger partial charge is 0.329 e. The molecule has 1 aliphatic rings. The smallest absolute Gasteiger partial charge is 0.0726 e. The van der Waals surface area contributed by atoms with Crippen molar-refractivity contribution in [3.05, 3.63) is 17.5 Å². The minimum absolute atomic E-state index is 0.0732. The van der Waals surface area contributed by atoms with E-state index in [0.29, 0.717) is 12.6 Å². The van der Waals surface area contributed by atoms with Crippen LogP contribution in [-0.2, 0) is 12.5 Å². The normalized spacial score (nSPS) is 19.4. The van der Waals surface area contributed by atoms with E-state index < -0.39 is 0 Å². The van der Waals surface area contributed by atoms with E-state index in [4.69, 9.17) is 5.73 Å². The monoisotopic (exact) mass is 250 g/mol. The summed E-state index contributed by atoms with van der Waals surface area (Å²) in [5.74, 6) is 0. The third-order valence-electron chi connectivity index (χ3n) is 3.73. The first kappa shape index (κ1) is 13.6. The molecule has 1 aromatic rings. The summed E-state index contributed by atoms with van der Waals surface area (Å²) in [5.41, 5.74) is 8.60. The Labute approximate surface area is 110 Å². The van der Waals surface area contributed by atoms with Gasteiger partial charge in [-0.3, -0.25) is 9.58 Å². The SMILES string of the molecule is Cn1cc(C(CN)N2CCCC2)c(C(C)(C)C)n1. The first-order valence-electron chi connectivity index (χ1n) is 6.91. The topological polar surface area (TPSA) is 47.1 Å². The summed E-state index contributed by atoms with van der Waals surface area (Å²) >= 11 is 0. The fourth-order valence-electron chi connectivity index (χ4n) is 2.86. The molecule has 0 aromatic carbocycles. The Bertz CT molecular complexity index is 396. The molecule has 18 heavy (non-hydrogen) atoms. The predicted octanol–water partition coefficient (Wildman–Crippen LogP) is 1.81. The van der Waals surface area contributed by atoms with Crippen molar-refractivity contribution in [3.8, 4) is 0 Å². The molecular formula is C14H26N4. The number of nitrogens with two attached hydrogens (primary N) is 1. The van der Waals surface area contributed by atoms with Crippen molar-refractivity contribution in [1.29, 1.82) is 0 Å². The lowest BCUT2D eigenvalue weighted by molar-refractivity contribution is 0.248. The average Bonchev–Trinajstić information content (AvgIpc) is 2.88. The molecule has 0 radical (unpaired) electrons. The molecule has 1 aliphatic heterocycles. The van der Waals surface area contributed by atoms with Crippen LogP contribution in [0.15, 0.2) is 6.20 Å². The maximum absolute atomic E-state index is 6.03. The van der Waals surface area contributed by atoms with E-state index >= 15 is 0 Å². The van der Waals surface area contributed by atoms with E-state index in [0.717, 1.165) is 0 Å². The lowest BCUT2D eigenvalue weighted by Crippen LogP contribution is -2.33. The Morgan fingerprint density at radius 1 is 1.33 bits per heavy atom. The average molecular weight is 250 g/mol. The molecular weight excluding hydrogens is 224 g/mol. The summed E-state index contributed by atoms with van der Waals surface area (Å²) in [6.45, 7) is 9.67. The van der Waals surface area contributed by atoms with Gasteiger partial charge in [-0.2, -0.15) is 5.10 Å². The lowest BCUT2D eigenvalue weighted by atomic mass is 9.87. The molecule has 0 bridgehead atoms. The first-order chi connectivity index (χ1) is 8.43. The molecule has 1 aromatic heterocycles. The van der Waals surface area contributed by atoms with Crippen LogP contribution in [0.4, 0.5) is 0 Å². The second-order valence-electron chi connectivity index (χ2n) is 6.35. The van der Waals surface area contributed by atoms with Crippen molar-refractivity contribution in [2.75, 3.05) is 19.6 Å². The lowest BCUT2D eigenvalue weighted by Gasteiger charge is -2.28. The highest BCUT2D eigenvalue weighted by Gasteiger charge is 2.30. The molecule has 0 aliphatic carbocycles. The van der Waals surface area contributed by atoms with Gasteiger partial charge in [-0.15, -0.1) is 0 Å². The Kier molecular flexibility index (Phi) is 3.78. The van der Waals surface area contributed by atoms with E-state index in [1.165, 1.54) is 37.2 Å². The van der Waals surface area contributed by atoms with Crippen LogP contribution < -0.4 is 5.73 Å². The fourth-order valence-corrected chi connectivity index (χ4v) is 2.86. The number of rotatable bonds is 3. The molecule has 102 valence electrons. The van der Waals surface area contributed by atoms with Crippen LogP contribution in [-0.4, -0.2) is 34.3 Å². The van der Waals surface area contributed by atoms with Gasteiger partial charge in [0, 0.05) is 30.8 Å². The Morgan fingerprint density at radius 3 is 2.44 bits per heavy atom. The summed E-state index contributed by atoms with van der Waals surface area (Å²) in [5, 5.41) is 4.66. The standard InChI is InChI=1S/C14H26N4/c1-14(2,3)13-11(10-17(4)16-13)12(9-15)18-7-5-6-8-18/h10,12H,5-9,15H2,1-4H3. The van der Waals surface area contributed by atoms with Crippen LogP contribution in [0.25, 0.3) is 0 Å².